The lowest BCUT2D eigenvalue weighted by molar-refractivity contribution is 0.0438. The Morgan fingerprint density at radius 2 is 0.440 bits per heavy atom. The standard InChI is InChI=1S/C105H219Br8O17PS2Si8/c1-75(50-83(9)67-123-34-26-42-134(18)115)58-91(106)66-92(93(107)59-76(2)51-84(10)68-124-35-27-43-135(19)116)100(94(108)60-77(3)52-85(11)69-125-36-28-44-136(20)117)101(95(109)61-78(4)53-86(12)70-126-37-29-45-137(21)118)102(96(110)62-79(5)54-87(13)71-127-38-30-46-138(22)119)103(97(111)63-80(6)55-88(14)72-128-39-31-47-139(23)120)104(98(112)64-81(7)56-89(15)73-129-40-32-48-140(24)121)105(17,131(114)133-132)99(113)65-82(8)57-90(16)74-130-41-33-49-141(25)122/h75-104,115-122,134-141H,26-74H2,1-25H3. The highest BCUT2D eigenvalue weighted by molar-refractivity contribution is 9.10. The third-order valence-electron chi connectivity index (χ3n) is 29.0. The molecule has 0 saturated heterocycles. The van der Waals surface area contributed by atoms with Gasteiger partial charge in [0.2, 0.25) is 0 Å². The van der Waals surface area contributed by atoms with Crippen molar-refractivity contribution < 1.29 is 80.8 Å². The third-order valence-corrected chi connectivity index (χ3v) is 51.7. The van der Waals surface area contributed by atoms with E-state index in [1.807, 2.05) is 52.4 Å². The molecule has 17 nitrogen and oxygen atoms in total. The van der Waals surface area contributed by atoms with E-state index in [2.05, 4.69) is 118 Å². The van der Waals surface area contributed by atoms with Gasteiger partial charge in [-0.2, -0.15) is 0 Å². The van der Waals surface area contributed by atoms with E-state index in [-0.39, 0.29) is 145 Å². The van der Waals surface area contributed by atoms with Crippen molar-refractivity contribution in [3.8, 4) is 0 Å². The molecule has 40 atom stereocenters. The molecule has 40 unspecified atom stereocenters. The van der Waals surface area contributed by atoms with Crippen molar-refractivity contribution in [1.29, 1.82) is 0 Å². The molecule has 0 aromatic carbocycles. The summed E-state index contributed by atoms with van der Waals surface area (Å²) in [5.74, 6) is 3.53. The van der Waals surface area contributed by atoms with Gasteiger partial charge in [0.15, 0.2) is 78.9 Å². The smallest absolute Gasteiger partial charge is 0.172 e. The molecule has 141 heavy (non-hydrogen) atoms. The van der Waals surface area contributed by atoms with Crippen molar-refractivity contribution in [2.45, 2.75) is 423 Å². The molecule has 0 aromatic heterocycles. The fourth-order valence-electron chi connectivity index (χ4n) is 22.7. The van der Waals surface area contributed by atoms with Crippen LogP contribution in [0.5, 0.6) is 0 Å². The summed E-state index contributed by atoms with van der Waals surface area (Å²) in [7, 11) is -12.6. The molecule has 0 radical (unpaired) electrons. The van der Waals surface area contributed by atoms with E-state index in [9.17, 15) is 38.4 Å². The summed E-state index contributed by atoms with van der Waals surface area (Å²) in [6, 6.07) is 6.72. The quantitative estimate of drug-likeness (QED) is 0.0122. The number of ether oxygens (including phenoxy) is 8. The third kappa shape index (κ3) is 73.8. The number of hydrogen-bond donors (Lipinski definition) is 8. The maximum absolute atomic E-state index is 17.3. The first-order valence-electron chi connectivity index (χ1n) is 56.2. The van der Waals surface area contributed by atoms with Crippen LogP contribution in [-0.2, 0) is 63.1 Å². The second kappa shape index (κ2) is 87.3. The molecule has 0 spiro atoms. The minimum Gasteiger partial charge on any atom is -0.435 e. The first kappa shape index (κ1) is 146. The zero-order chi connectivity index (χ0) is 107. The van der Waals surface area contributed by atoms with Crippen molar-refractivity contribution in [3.05, 3.63) is 0 Å². The fourth-order valence-corrected chi connectivity index (χ4v) is 43.8. The number of halogens is 8. The molecule has 0 bridgehead atoms. The molecule has 0 heterocycles. The van der Waals surface area contributed by atoms with Crippen molar-refractivity contribution in [2.75, 3.05) is 106 Å². The first-order valence-corrected chi connectivity index (χ1v) is 87.0. The Balaban J connectivity index is 11.3. The molecule has 0 rings (SSSR count). The van der Waals surface area contributed by atoms with Gasteiger partial charge in [0.1, 0.15) is 0 Å². The van der Waals surface area contributed by atoms with Crippen LogP contribution in [0.2, 0.25) is 101 Å². The Morgan fingerprint density at radius 1 is 0.255 bits per heavy atom. The van der Waals surface area contributed by atoms with E-state index >= 15 is 4.57 Å². The maximum atomic E-state index is 17.3. The molecule has 0 saturated carbocycles. The van der Waals surface area contributed by atoms with E-state index in [1.54, 1.807) is 0 Å². The van der Waals surface area contributed by atoms with Gasteiger partial charge in [0.05, 0.1) is 5.16 Å². The summed E-state index contributed by atoms with van der Waals surface area (Å²) in [6.45, 7) is 65.0. The van der Waals surface area contributed by atoms with Crippen molar-refractivity contribution in [2.24, 2.45) is 130 Å². The minimum absolute atomic E-state index is 0.0191. The molecule has 0 amide bonds. The van der Waals surface area contributed by atoms with Crippen LogP contribution in [0.25, 0.3) is 0 Å². The lowest BCUT2D eigenvalue weighted by Gasteiger charge is -2.55. The maximum Gasteiger partial charge on any atom is 0.172 e. The van der Waals surface area contributed by atoms with Crippen molar-refractivity contribution in [1.82, 2.24) is 0 Å². The SMILES string of the molecule is CC(COCCC[SiH](C)O)CC(C)CC(Br)CC(C(Br)CC(C)CC(C)COCCC[SiH](C)O)C(C(Br)CC(C)CC(C)COCCC[SiH](C)O)C(C(Br)CC(C)CC(C)COCCC[SiH](C)O)C(C(Br)CC(C)CC(C)COCCC[SiH](C)O)C(C(Br)CC(C)CC(C)COCCC[SiH](C)O)C(C(Br)CC(C)CC(C)COCCC[SiH](C)O)C(C)(C(Br)CC(C)CC(C)COCCC[SiH](C)O)P(=O)=S=S. The van der Waals surface area contributed by atoms with Crippen LogP contribution in [0.4, 0.5) is 0 Å². The second-order valence-electron chi connectivity index (χ2n) is 47.4. The monoisotopic (exact) mass is 2700 g/mol. The lowest BCUT2D eigenvalue weighted by Crippen LogP contribution is -2.57. The van der Waals surface area contributed by atoms with Crippen LogP contribution in [0.1, 0.15) is 278 Å². The van der Waals surface area contributed by atoms with Crippen LogP contribution in [0, 0.1) is 130 Å². The van der Waals surface area contributed by atoms with Gasteiger partial charge in [0.25, 0.3) is 0 Å². The summed E-state index contributed by atoms with van der Waals surface area (Å²) < 4.78 is 69.5. The highest BCUT2D eigenvalue weighted by atomic mass is 79.9. The van der Waals surface area contributed by atoms with Crippen molar-refractivity contribution in [3.63, 3.8) is 0 Å². The molecule has 8 N–H and O–H groups in total. The molecule has 0 aliphatic rings. The highest BCUT2D eigenvalue weighted by Crippen LogP contribution is 2.61. The van der Waals surface area contributed by atoms with Crippen LogP contribution in [0.15, 0.2) is 0 Å². The molecule has 0 aromatic rings. The van der Waals surface area contributed by atoms with Gasteiger partial charge in [-0.1, -0.05) is 238 Å². The molecule has 36 heteroatoms. The van der Waals surface area contributed by atoms with Gasteiger partial charge in [-0.15, -0.1) is 0 Å². The number of hydrogen-bond acceptors (Lipinski definition) is 18. The largest absolute Gasteiger partial charge is 0.435 e. The number of rotatable bonds is 96. The molecule has 846 valence electrons. The second-order valence-corrected chi connectivity index (χ2v) is 79.5. The van der Waals surface area contributed by atoms with Gasteiger partial charge >= 0.3 is 0 Å². The van der Waals surface area contributed by atoms with Crippen LogP contribution < -0.4 is 0 Å². The van der Waals surface area contributed by atoms with Crippen LogP contribution >= 0.6 is 134 Å². The summed E-state index contributed by atoms with van der Waals surface area (Å²) >= 11 is 46.2. The minimum atomic E-state index is -2.24. The fraction of sp³-hybridized carbons (Fsp3) is 1.00. The summed E-state index contributed by atoms with van der Waals surface area (Å²) in [6.07, 6.45) is 22.4. The predicted molar refractivity (Wildman–Crippen MR) is 662 cm³/mol. The molecular weight excluding hydrogens is 2490 g/mol. The molecule has 0 aliphatic heterocycles. The average Bonchev–Trinajstić information content (AvgIpc) is 0.735. The highest BCUT2D eigenvalue weighted by Gasteiger charge is 2.59. The zero-order valence-corrected chi connectivity index (χ0v) is 118. The Morgan fingerprint density at radius 3 is 0.660 bits per heavy atom. The Bertz CT molecular complexity index is 3060. The average molecular weight is 2710 g/mol. The van der Waals surface area contributed by atoms with E-state index in [0.29, 0.717) is 129 Å². The van der Waals surface area contributed by atoms with E-state index < -0.39 is 84.1 Å². The zero-order valence-electron chi connectivity index (χ0n) is 93.6. The van der Waals surface area contributed by atoms with E-state index in [4.69, 9.17) is 177 Å². The summed E-state index contributed by atoms with van der Waals surface area (Å²) in [4.78, 5) is 82.8. The van der Waals surface area contributed by atoms with Gasteiger partial charge in [0, 0.05) is 144 Å². The van der Waals surface area contributed by atoms with Crippen molar-refractivity contribution >= 4 is 227 Å². The topological polar surface area (TPSA) is 253 Å². The van der Waals surface area contributed by atoms with Gasteiger partial charge in [-0.25, -0.2) is 0 Å². The number of alkyl halides is 8. The summed E-state index contributed by atoms with van der Waals surface area (Å²) in [5.41, 5.74) is 0. The van der Waals surface area contributed by atoms with Gasteiger partial charge in [-0.3, -0.25) is 4.57 Å². The normalized spacial score (nSPS) is 21.3. The Hall–Kier alpha value is 5.48. The van der Waals surface area contributed by atoms with Gasteiger partial charge in [-0.05, 0) is 419 Å². The Labute approximate surface area is 956 Å². The lowest BCUT2D eigenvalue weighted by atomic mass is 9.58. The Kier molecular flexibility index (Phi) is 90.7. The van der Waals surface area contributed by atoms with Crippen LogP contribution in [-0.4, -0.2) is 260 Å². The molecule has 0 fully saturated rings. The van der Waals surface area contributed by atoms with E-state index in [1.165, 1.54) is 0 Å². The summed E-state index contributed by atoms with van der Waals surface area (Å²) in [5, 5.41) is -0.961. The first-order chi connectivity index (χ1) is 66.2. The molecular formula is C105H219Br8O17PS2Si8. The predicted octanol–water partition coefficient (Wildman–Crippen LogP) is 26.7. The van der Waals surface area contributed by atoms with Gasteiger partial charge < -0.3 is 76.3 Å². The van der Waals surface area contributed by atoms with Crippen LogP contribution in [0.3, 0.4) is 0 Å². The van der Waals surface area contributed by atoms with E-state index in [0.717, 1.165) is 218 Å². The molecule has 0 aliphatic carbocycles.